The second-order valence-electron chi connectivity index (χ2n) is 8.14. The maximum absolute atomic E-state index is 13.3. The molecule has 0 aliphatic heterocycles. The van der Waals surface area contributed by atoms with Crippen LogP contribution in [-0.2, 0) is 10.0 Å². The van der Waals surface area contributed by atoms with E-state index in [1.54, 1.807) is 24.3 Å². The molecule has 0 saturated heterocycles. The van der Waals surface area contributed by atoms with Gasteiger partial charge in [0.25, 0.3) is 0 Å². The van der Waals surface area contributed by atoms with Crippen molar-refractivity contribution in [3.63, 3.8) is 0 Å². The fraction of sp³-hybridized carbons (Fsp3) is 0.280. The van der Waals surface area contributed by atoms with Crippen molar-refractivity contribution in [2.45, 2.75) is 43.1 Å². The van der Waals surface area contributed by atoms with Crippen molar-refractivity contribution < 1.29 is 18.5 Å². The first kappa shape index (κ1) is 25.1. The first-order valence-corrected chi connectivity index (χ1v) is 12.6. The molecule has 0 aliphatic carbocycles. The normalized spacial score (nSPS) is 13.4. The predicted octanol–water partition coefficient (Wildman–Crippen LogP) is 3.60. The Morgan fingerprint density at radius 3 is 1.88 bits per heavy atom. The van der Waals surface area contributed by atoms with E-state index in [-0.39, 0.29) is 10.9 Å². The van der Waals surface area contributed by atoms with Gasteiger partial charge in [-0.25, -0.2) is 13.1 Å². The van der Waals surface area contributed by atoms with Crippen LogP contribution in [0.3, 0.4) is 0 Å². The molecule has 0 saturated carbocycles. The monoisotopic (exact) mass is 466 g/mol. The van der Waals surface area contributed by atoms with Crippen molar-refractivity contribution in [1.29, 1.82) is 0 Å². The van der Waals surface area contributed by atoms with Gasteiger partial charge in [-0.05, 0) is 49.5 Å². The third-order valence-electron chi connectivity index (χ3n) is 5.52. The first-order chi connectivity index (χ1) is 15.9. The van der Waals surface area contributed by atoms with Crippen LogP contribution < -0.4 is 10.0 Å². The first-order valence-electron chi connectivity index (χ1n) is 11.2. The van der Waals surface area contributed by atoms with Crippen LogP contribution in [0, 0.1) is 6.92 Å². The molecule has 2 atom stereocenters. The van der Waals surface area contributed by atoms with Gasteiger partial charge in [-0.1, -0.05) is 84.8 Å². The molecule has 2 unspecified atom stereocenters. The van der Waals surface area contributed by atoms with E-state index >= 15 is 0 Å². The van der Waals surface area contributed by atoms with Crippen molar-refractivity contribution >= 4 is 17.1 Å². The lowest BCUT2D eigenvalue weighted by Gasteiger charge is -2.30. The molecular weight excluding hydrogens is 435 g/mol. The summed E-state index contributed by atoms with van der Waals surface area (Å²) in [5.41, 5.74) is 2.80. The molecule has 3 aromatic rings. The average Bonchev–Trinajstić information content (AvgIpc) is 2.81. The highest BCUT2D eigenvalue weighted by molar-refractivity contribution is 7.89. The highest BCUT2D eigenvalue weighted by Crippen LogP contribution is 2.31. The Hall–Kier alpha value is -2.49. The second kappa shape index (κ2) is 12.1. The Balaban J connectivity index is 1.91. The lowest BCUT2D eigenvalue weighted by atomic mass is 9.84. The molecule has 3 aromatic carbocycles. The van der Waals surface area contributed by atoms with Gasteiger partial charge in [0, 0.05) is 0 Å². The molecule has 0 heterocycles. The summed E-state index contributed by atoms with van der Waals surface area (Å²) in [6, 6.07) is 25.2. The van der Waals surface area contributed by atoms with E-state index < -0.39 is 23.2 Å². The Morgan fingerprint density at radius 1 is 0.788 bits per heavy atom. The molecule has 33 heavy (non-hydrogen) atoms. The highest BCUT2D eigenvalue weighted by atomic mass is 32.2. The van der Waals surface area contributed by atoms with Crippen molar-refractivity contribution in [3.8, 4) is 0 Å². The van der Waals surface area contributed by atoms with Gasteiger partial charge in [-0.2, -0.15) is 0 Å². The molecule has 6 nitrogen and oxygen atoms in total. The van der Waals surface area contributed by atoms with E-state index in [2.05, 4.69) is 10.0 Å². The van der Waals surface area contributed by atoms with E-state index in [1.165, 1.54) is 0 Å². The molecule has 174 valence electrons. The molecule has 8 heteroatoms. The summed E-state index contributed by atoms with van der Waals surface area (Å²) in [6.07, 6.45) is 1.68. The van der Waals surface area contributed by atoms with Crippen molar-refractivity contribution in [1.82, 2.24) is 10.0 Å². The molecule has 0 aromatic heterocycles. The van der Waals surface area contributed by atoms with E-state index in [1.807, 2.05) is 67.6 Å². The Labute approximate surface area is 196 Å². The molecular formula is C25H31BN2O4S. The van der Waals surface area contributed by atoms with Crippen LogP contribution in [0.2, 0.25) is 6.32 Å². The van der Waals surface area contributed by atoms with Gasteiger partial charge in [0.1, 0.15) is 0 Å². The lowest BCUT2D eigenvalue weighted by molar-refractivity contribution is 0.396. The molecule has 0 bridgehead atoms. The average molecular weight is 466 g/mol. The van der Waals surface area contributed by atoms with Crippen molar-refractivity contribution in [2.75, 3.05) is 6.54 Å². The van der Waals surface area contributed by atoms with Crippen molar-refractivity contribution in [2.24, 2.45) is 0 Å². The van der Waals surface area contributed by atoms with Gasteiger partial charge in [0.05, 0.1) is 17.0 Å². The summed E-state index contributed by atoms with van der Waals surface area (Å²) in [6.45, 7) is 2.52. The van der Waals surface area contributed by atoms with Gasteiger partial charge in [-0.15, -0.1) is 0 Å². The van der Waals surface area contributed by atoms with Gasteiger partial charge in [0.2, 0.25) is 10.0 Å². The summed E-state index contributed by atoms with van der Waals surface area (Å²) in [7, 11) is -5.09. The van der Waals surface area contributed by atoms with E-state index in [0.717, 1.165) is 23.1 Å². The third kappa shape index (κ3) is 7.52. The minimum Gasteiger partial charge on any atom is -0.427 e. The molecule has 3 rings (SSSR count). The molecule has 0 radical (unpaired) electrons. The molecule has 0 spiro atoms. The quantitative estimate of drug-likeness (QED) is 0.242. The van der Waals surface area contributed by atoms with Crippen molar-refractivity contribution in [3.05, 3.63) is 102 Å². The summed E-state index contributed by atoms with van der Waals surface area (Å²) in [4.78, 5) is 0.220. The lowest BCUT2D eigenvalue weighted by Crippen LogP contribution is -2.39. The van der Waals surface area contributed by atoms with Gasteiger partial charge in [0.15, 0.2) is 0 Å². The number of benzene rings is 3. The summed E-state index contributed by atoms with van der Waals surface area (Å²) in [5.74, 6) is 0. The minimum atomic E-state index is -3.78. The van der Waals surface area contributed by atoms with Gasteiger partial charge < -0.3 is 15.4 Å². The third-order valence-corrected chi connectivity index (χ3v) is 6.97. The zero-order valence-corrected chi connectivity index (χ0v) is 19.6. The number of hydrogen-bond acceptors (Lipinski definition) is 5. The number of unbranched alkanes of at least 4 members (excludes halogenated alkanes) is 1. The van der Waals surface area contributed by atoms with E-state index in [0.29, 0.717) is 19.3 Å². The minimum absolute atomic E-state index is 0.220. The highest BCUT2D eigenvalue weighted by Gasteiger charge is 2.29. The maximum Gasteiger partial charge on any atom is 0.451 e. The van der Waals surface area contributed by atoms with Crippen LogP contribution in [0.5, 0.6) is 0 Å². The van der Waals surface area contributed by atoms with Crippen LogP contribution in [0.15, 0.2) is 89.8 Å². The second-order valence-corrected chi connectivity index (χ2v) is 9.86. The summed E-state index contributed by atoms with van der Waals surface area (Å²) >= 11 is 0. The fourth-order valence-electron chi connectivity index (χ4n) is 3.74. The molecule has 0 amide bonds. The van der Waals surface area contributed by atoms with Gasteiger partial charge in [-0.3, -0.25) is 0 Å². The van der Waals surface area contributed by atoms with E-state index in [4.69, 9.17) is 10.0 Å². The van der Waals surface area contributed by atoms with Crippen LogP contribution in [0.4, 0.5) is 0 Å². The van der Waals surface area contributed by atoms with E-state index in [9.17, 15) is 8.42 Å². The topological polar surface area (TPSA) is 98.7 Å². The fourth-order valence-corrected chi connectivity index (χ4v) is 4.98. The Kier molecular flexibility index (Phi) is 9.23. The SMILES string of the molecule is Cc1ccc(S(=O)(=O)NC(c2ccccc2)C(NCCCCB(O)O)c2ccccc2)cc1. The Morgan fingerprint density at radius 2 is 1.33 bits per heavy atom. The maximum atomic E-state index is 13.3. The summed E-state index contributed by atoms with van der Waals surface area (Å²) in [5, 5.41) is 21.7. The number of nitrogens with one attached hydrogen (secondary N) is 2. The molecule has 0 fully saturated rings. The smallest absolute Gasteiger partial charge is 0.427 e. The number of sulfonamides is 1. The standard InChI is InChI=1S/C25H31BN2O4S/c1-20-14-16-23(17-15-20)33(31,32)28-25(22-12-6-3-7-13-22)24(21-10-4-2-5-11-21)27-19-9-8-18-26(29)30/h2-7,10-17,24-25,27-30H,8-9,18-19H2,1H3. The van der Waals surface area contributed by atoms with Crippen LogP contribution in [0.1, 0.15) is 41.6 Å². The summed E-state index contributed by atoms with van der Waals surface area (Å²) < 4.78 is 29.6. The predicted molar refractivity (Wildman–Crippen MR) is 132 cm³/mol. The van der Waals surface area contributed by atoms with Gasteiger partial charge >= 0.3 is 7.12 Å². The molecule has 4 N–H and O–H groups in total. The van der Waals surface area contributed by atoms with Crippen LogP contribution >= 0.6 is 0 Å². The number of aryl methyl sites for hydroxylation is 1. The van der Waals surface area contributed by atoms with Crippen LogP contribution in [-0.4, -0.2) is 32.1 Å². The molecule has 0 aliphatic rings. The zero-order valence-electron chi connectivity index (χ0n) is 18.8. The largest absolute Gasteiger partial charge is 0.451 e. The zero-order chi connectivity index (χ0) is 23.7. The Bertz CT molecular complexity index is 1080. The number of rotatable bonds is 12. The van der Waals surface area contributed by atoms with Crippen LogP contribution in [0.25, 0.3) is 0 Å². The number of hydrogen-bond donors (Lipinski definition) is 4.